The average Bonchev–Trinajstić information content (AvgIpc) is 3.09. The van der Waals surface area contributed by atoms with Crippen molar-refractivity contribution in [2.75, 3.05) is 46.4 Å². The molecule has 0 aliphatic carbocycles. The lowest BCUT2D eigenvalue weighted by Crippen LogP contribution is -2.54. The van der Waals surface area contributed by atoms with Crippen LogP contribution in [0.25, 0.3) is 0 Å². The zero-order chi connectivity index (χ0) is 23.1. The zero-order valence-corrected chi connectivity index (χ0v) is 20.0. The van der Waals surface area contributed by atoms with Gasteiger partial charge in [-0.25, -0.2) is 4.79 Å². The largest absolute Gasteiger partial charge is 0.465 e. The Morgan fingerprint density at radius 2 is 1.87 bits per heavy atom. The number of aryl methyl sites for hydroxylation is 1. The summed E-state index contributed by atoms with van der Waals surface area (Å²) in [5.74, 6) is 2.47. The van der Waals surface area contributed by atoms with Gasteiger partial charge in [0.05, 0.1) is 24.8 Å². The zero-order valence-electron chi connectivity index (χ0n) is 20.0. The van der Waals surface area contributed by atoms with Gasteiger partial charge in [0.25, 0.3) is 0 Å². The summed E-state index contributed by atoms with van der Waals surface area (Å²) in [6, 6.07) is 4.09. The van der Waals surface area contributed by atoms with E-state index in [9.17, 15) is 4.79 Å². The second-order valence-electron chi connectivity index (χ2n) is 9.43. The molecule has 1 aromatic heterocycles. The highest BCUT2D eigenvalue weighted by atomic mass is 16.6. The van der Waals surface area contributed by atoms with Crippen molar-refractivity contribution in [1.29, 1.82) is 0 Å². The standard InChI is InChI=1S/C22H39N5O4/c1-16-8-9-18(30-16)17(27-10-12-29-13-11-27)14-24-19(23-7)25-15-22(5,6)26-20(28)31-21(2,3)4/h8-9,17H,10-15H2,1-7H3,(H,26,28)(H2,23,24,25). The molecule has 2 heterocycles. The van der Waals surface area contributed by atoms with Gasteiger partial charge in [-0.2, -0.15) is 0 Å². The van der Waals surface area contributed by atoms with Gasteiger partial charge in [0, 0.05) is 33.2 Å². The van der Waals surface area contributed by atoms with Crippen LogP contribution >= 0.6 is 0 Å². The number of furan rings is 1. The number of hydrogen-bond donors (Lipinski definition) is 3. The monoisotopic (exact) mass is 437 g/mol. The molecule has 0 saturated carbocycles. The quantitative estimate of drug-likeness (QED) is 0.445. The molecule has 1 aliphatic rings. The summed E-state index contributed by atoms with van der Waals surface area (Å²) < 4.78 is 16.8. The topological polar surface area (TPSA) is 100 Å². The summed E-state index contributed by atoms with van der Waals surface area (Å²) in [5, 5.41) is 9.57. The molecule has 2 rings (SSSR count). The van der Waals surface area contributed by atoms with E-state index in [-0.39, 0.29) is 6.04 Å². The third-order valence-corrected chi connectivity index (χ3v) is 4.80. The highest BCUT2D eigenvalue weighted by Crippen LogP contribution is 2.23. The molecule has 1 aromatic rings. The number of nitrogens with zero attached hydrogens (tertiary/aromatic N) is 2. The lowest BCUT2D eigenvalue weighted by Gasteiger charge is -2.34. The molecule has 1 amide bonds. The minimum atomic E-state index is -0.538. The van der Waals surface area contributed by atoms with Gasteiger partial charge in [0.1, 0.15) is 17.1 Å². The summed E-state index contributed by atoms with van der Waals surface area (Å²) >= 11 is 0. The van der Waals surface area contributed by atoms with Gasteiger partial charge in [-0.15, -0.1) is 0 Å². The van der Waals surface area contributed by atoms with E-state index in [4.69, 9.17) is 13.9 Å². The fraction of sp³-hybridized carbons (Fsp3) is 0.727. The third-order valence-electron chi connectivity index (χ3n) is 4.80. The van der Waals surface area contributed by atoms with Gasteiger partial charge in [-0.1, -0.05) is 0 Å². The van der Waals surface area contributed by atoms with E-state index in [1.165, 1.54) is 0 Å². The van der Waals surface area contributed by atoms with E-state index in [1.807, 2.05) is 53.7 Å². The van der Waals surface area contributed by atoms with Crippen LogP contribution in [0.15, 0.2) is 21.5 Å². The van der Waals surface area contributed by atoms with E-state index in [1.54, 1.807) is 7.05 Å². The SMILES string of the molecule is CN=C(NCC(c1ccc(C)o1)N1CCOCC1)NCC(C)(C)NC(=O)OC(C)(C)C. The Morgan fingerprint density at radius 3 is 2.42 bits per heavy atom. The van der Waals surface area contributed by atoms with Gasteiger partial charge in [0.15, 0.2) is 5.96 Å². The van der Waals surface area contributed by atoms with Crippen molar-refractivity contribution in [2.24, 2.45) is 4.99 Å². The van der Waals surface area contributed by atoms with Gasteiger partial charge < -0.3 is 29.8 Å². The maximum absolute atomic E-state index is 12.1. The molecule has 1 unspecified atom stereocenters. The molecular weight excluding hydrogens is 398 g/mol. The average molecular weight is 438 g/mol. The number of carbonyl (C=O) groups is 1. The first kappa shape index (κ1) is 25.0. The van der Waals surface area contributed by atoms with Crippen molar-refractivity contribution < 1.29 is 18.7 Å². The maximum atomic E-state index is 12.1. The number of guanidine groups is 1. The van der Waals surface area contributed by atoms with E-state index in [0.29, 0.717) is 32.3 Å². The Labute approximate surface area is 185 Å². The van der Waals surface area contributed by atoms with E-state index >= 15 is 0 Å². The molecule has 9 nitrogen and oxygen atoms in total. The van der Waals surface area contributed by atoms with Crippen LogP contribution < -0.4 is 16.0 Å². The van der Waals surface area contributed by atoms with E-state index in [2.05, 4.69) is 25.8 Å². The van der Waals surface area contributed by atoms with Crippen molar-refractivity contribution >= 4 is 12.1 Å². The Morgan fingerprint density at radius 1 is 1.19 bits per heavy atom. The van der Waals surface area contributed by atoms with Gasteiger partial charge in [0.2, 0.25) is 0 Å². The number of amides is 1. The number of aliphatic imine (C=N–C) groups is 1. The van der Waals surface area contributed by atoms with E-state index in [0.717, 1.165) is 24.6 Å². The summed E-state index contributed by atoms with van der Waals surface area (Å²) in [6.07, 6.45) is -0.442. The molecule has 3 N–H and O–H groups in total. The Kier molecular flexibility index (Phi) is 8.76. The summed E-state index contributed by atoms with van der Waals surface area (Å²) in [7, 11) is 1.73. The first-order valence-corrected chi connectivity index (χ1v) is 10.8. The predicted octanol–water partition coefficient (Wildman–Crippen LogP) is 2.43. The molecule has 0 bridgehead atoms. The number of alkyl carbamates (subject to hydrolysis) is 1. The minimum absolute atomic E-state index is 0.0732. The lowest BCUT2D eigenvalue weighted by molar-refractivity contribution is 0.0124. The van der Waals surface area contributed by atoms with Gasteiger partial charge in [-0.05, 0) is 53.7 Å². The first-order chi connectivity index (χ1) is 14.5. The summed E-state index contributed by atoms with van der Waals surface area (Å²) in [6.45, 7) is 15.6. The number of ether oxygens (including phenoxy) is 2. The molecule has 0 aromatic carbocycles. The Hall–Kier alpha value is -2.26. The molecule has 1 atom stereocenters. The summed E-state index contributed by atoms with van der Waals surface area (Å²) in [5.41, 5.74) is -1.06. The van der Waals surface area contributed by atoms with Crippen LogP contribution in [0.4, 0.5) is 4.79 Å². The van der Waals surface area contributed by atoms with Crippen LogP contribution in [0.2, 0.25) is 0 Å². The van der Waals surface area contributed by atoms with Crippen molar-refractivity contribution in [3.63, 3.8) is 0 Å². The smallest absolute Gasteiger partial charge is 0.408 e. The van der Waals surface area contributed by atoms with Crippen molar-refractivity contribution in [3.05, 3.63) is 23.7 Å². The van der Waals surface area contributed by atoms with E-state index < -0.39 is 17.2 Å². The minimum Gasteiger partial charge on any atom is -0.465 e. The molecule has 1 saturated heterocycles. The van der Waals surface area contributed by atoms with Crippen LogP contribution in [0.5, 0.6) is 0 Å². The molecule has 0 radical (unpaired) electrons. The molecule has 1 aliphatic heterocycles. The Bertz CT molecular complexity index is 733. The molecule has 31 heavy (non-hydrogen) atoms. The molecule has 9 heteroatoms. The number of morpholine rings is 1. The van der Waals surface area contributed by atoms with Gasteiger partial charge >= 0.3 is 6.09 Å². The highest BCUT2D eigenvalue weighted by molar-refractivity contribution is 5.80. The van der Waals surface area contributed by atoms with Crippen LogP contribution in [0, 0.1) is 6.92 Å². The predicted molar refractivity (Wildman–Crippen MR) is 121 cm³/mol. The van der Waals surface area contributed by atoms with Crippen molar-refractivity contribution in [3.8, 4) is 0 Å². The highest BCUT2D eigenvalue weighted by Gasteiger charge is 2.27. The van der Waals surface area contributed by atoms with Crippen LogP contribution in [-0.2, 0) is 9.47 Å². The van der Waals surface area contributed by atoms with Crippen LogP contribution in [-0.4, -0.2) is 74.5 Å². The van der Waals surface area contributed by atoms with Crippen LogP contribution in [0.3, 0.4) is 0 Å². The number of rotatable bonds is 7. The number of hydrogen-bond acceptors (Lipinski definition) is 6. The lowest BCUT2D eigenvalue weighted by atomic mass is 10.1. The van der Waals surface area contributed by atoms with Gasteiger partial charge in [-0.3, -0.25) is 9.89 Å². The molecular formula is C22H39N5O4. The molecule has 0 spiro atoms. The van der Waals surface area contributed by atoms with Crippen molar-refractivity contribution in [2.45, 2.75) is 58.7 Å². The fourth-order valence-electron chi connectivity index (χ4n) is 3.27. The Balaban J connectivity index is 1.92. The van der Waals surface area contributed by atoms with Crippen LogP contribution in [0.1, 0.15) is 52.2 Å². The third kappa shape index (κ3) is 8.78. The fourth-order valence-corrected chi connectivity index (χ4v) is 3.27. The normalized spacial score (nSPS) is 17.2. The molecule has 176 valence electrons. The number of nitrogens with one attached hydrogen (secondary N) is 3. The number of carbonyl (C=O) groups excluding carboxylic acids is 1. The first-order valence-electron chi connectivity index (χ1n) is 10.8. The second kappa shape index (κ2) is 10.9. The second-order valence-corrected chi connectivity index (χ2v) is 9.43. The van der Waals surface area contributed by atoms with Crippen molar-refractivity contribution in [1.82, 2.24) is 20.9 Å². The molecule has 1 fully saturated rings. The summed E-state index contributed by atoms with van der Waals surface area (Å²) in [4.78, 5) is 18.8. The maximum Gasteiger partial charge on any atom is 0.408 e.